The first kappa shape index (κ1) is 11.7. The molecule has 2 fully saturated rings. The van der Waals surface area contributed by atoms with Gasteiger partial charge in [-0.2, -0.15) is 0 Å². The first-order valence-electron chi connectivity index (χ1n) is 6.20. The molecule has 2 aliphatic rings. The minimum atomic E-state index is -0.480. The Hall–Kier alpha value is 0.250. The first-order valence-corrected chi connectivity index (χ1v) is 6.63. The van der Waals surface area contributed by atoms with Crippen molar-refractivity contribution in [3.05, 3.63) is 0 Å². The summed E-state index contributed by atoms with van der Waals surface area (Å²) in [6.07, 6.45) is 5.24. The summed E-state index contributed by atoms with van der Waals surface area (Å²) < 4.78 is 0. The monoisotopic (exact) mass is 230 g/mol. The Morgan fingerprint density at radius 2 is 1.80 bits per heavy atom. The van der Waals surface area contributed by atoms with Crippen LogP contribution in [0.5, 0.6) is 0 Å². The van der Waals surface area contributed by atoms with Crippen molar-refractivity contribution in [2.75, 3.05) is 0 Å². The van der Waals surface area contributed by atoms with Gasteiger partial charge in [0.05, 0.1) is 5.60 Å². The molecule has 2 saturated carbocycles. The zero-order valence-corrected chi connectivity index (χ0v) is 10.8. The number of alkyl halides is 1. The van der Waals surface area contributed by atoms with Crippen LogP contribution in [-0.4, -0.2) is 16.1 Å². The largest absolute Gasteiger partial charge is 0.390 e. The molecule has 0 aromatic rings. The van der Waals surface area contributed by atoms with Crippen LogP contribution in [0.3, 0.4) is 0 Å². The Balaban J connectivity index is 2.25. The third kappa shape index (κ3) is 2.06. The van der Waals surface area contributed by atoms with Crippen molar-refractivity contribution in [3.63, 3.8) is 0 Å². The lowest BCUT2D eigenvalue weighted by atomic mass is 9.55. The van der Waals surface area contributed by atoms with Crippen LogP contribution < -0.4 is 0 Å². The van der Waals surface area contributed by atoms with Gasteiger partial charge < -0.3 is 5.11 Å². The summed E-state index contributed by atoms with van der Waals surface area (Å²) in [6.45, 7) is 6.79. The van der Waals surface area contributed by atoms with Crippen molar-refractivity contribution in [1.29, 1.82) is 0 Å². The quantitative estimate of drug-likeness (QED) is 0.631. The average Bonchev–Trinajstić information content (AvgIpc) is 1.97. The molecule has 0 saturated heterocycles. The van der Waals surface area contributed by atoms with Crippen LogP contribution in [-0.2, 0) is 0 Å². The van der Waals surface area contributed by atoms with E-state index in [-0.39, 0.29) is 10.8 Å². The fourth-order valence-corrected chi connectivity index (χ4v) is 4.74. The van der Waals surface area contributed by atoms with Gasteiger partial charge in [-0.25, -0.2) is 0 Å². The standard InChI is InChI=1S/C13H23ClO/c1-9-4-5-11-12(2,3)7-10(14)8-13(11,15)6-9/h9-11,15H,4-8H2,1-3H3. The molecule has 0 bridgehead atoms. The minimum absolute atomic E-state index is 0.159. The summed E-state index contributed by atoms with van der Waals surface area (Å²) in [6, 6.07) is 0. The predicted molar refractivity (Wildman–Crippen MR) is 64.1 cm³/mol. The van der Waals surface area contributed by atoms with E-state index in [0.717, 1.165) is 19.3 Å². The Bertz CT molecular complexity index is 247. The number of aliphatic hydroxyl groups is 1. The fraction of sp³-hybridized carbons (Fsp3) is 1.00. The second kappa shape index (κ2) is 3.63. The van der Waals surface area contributed by atoms with Gasteiger partial charge in [0.25, 0.3) is 0 Å². The molecular weight excluding hydrogens is 208 g/mol. The molecule has 0 amide bonds. The van der Waals surface area contributed by atoms with Crippen molar-refractivity contribution >= 4 is 11.6 Å². The van der Waals surface area contributed by atoms with Crippen LogP contribution in [0, 0.1) is 17.3 Å². The molecule has 2 heteroatoms. The Kier molecular flexibility index (Phi) is 2.84. The highest BCUT2D eigenvalue weighted by atomic mass is 35.5. The van der Waals surface area contributed by atoms with Gasteiger partial charge in [-0.1, -0.05) is 27.2 Å². The molecule has 0 heterocycles. The van der Waals surface area contributed by atoms with Crippen molar-refractivity contribution in [1.82, 2.24) is 0 Å². The molecule has 1 nitrogen and oxygen atoms in total. The number of fused-ring (bicyclic) bond motifs is 1. The van der Waals surface area contributed by atoms with Crippen LogP contribution in [0.15, 0.2) is 0 Å². The van der Waals surface area contributed by atoms with E-state index in [1.165, 1.54) is 12.8 Å². The molecule has 2 aliphatic carbocycles. The molecule has 0 aromatic heterocycles. The average molecular weight is 231 g/mol. The van der Waals surface area contributed by atoms with Crippen molar-refractivity contribution in [2.45, 2.75) is 63.9 Å². The molecule has 15 heavy (non-hydrogen) atoms. The van der Waals surface area contributed by atoms with Gasteiger partial charge in [-0.3, -0.25) is 0 Å². The number of hydrogen-bond acceptors (Lipinski definition) is 1. The molecule has 0 aromatic carbocycles. The summed E-state index contributed by atoms with van der Waals surface area (Å²) in [5, 5.41) is 10.9. The summed E-state index contributed by atoms with van der Waals surface area (Å²) >= 11 is 6.30. The minimum Gasteiger partial charge on any atom is -0.390 e. The molecule has 1 N–H and O–H groups in total. The second-order valence-corrected chi connectivity index (χ2v) is 7.15. The zero-order chi connectivity index (χ0) is 11.3. The predicted octanol–water partition coefficient (Wildman–Crippen LogP) is 3.58. The van der Waals surface area contributed by atoms with E-state index in [1.807, 2.05) is 0 Å². The Morgan fingerprint density at radius 1 is 1.13 bits per heavy atom. The fourth-order valence-electron chi connectivity index (χ4n) is 4.08. The molecule has 2 rings (SSSR count). The molecule has 0 spiro atoms. The van der Waals surface area contributed by atoms with Crippen LogP contribution >= 0.6 is 11.6 Å². The second-order valence-electron chi connectivity index (χ2n) is 6.54. The molecule has 0 aliphatic heterocycles. The normalized spacial score (nSPS) is 49.8. The number of hydrogen-bond donors (Lipinski definition) is 1. The van der Waals surface area contributed by atoms with Crippen molar-refractivity contribution in [2.24, 2.45) is 17.3 Å². The highest BCUT2D eigenvalue weighted by Gasteiger charge is 2.52. The summed E-state index contributed by atoms with van der Waals surface area (Å²) in [5.41, 5.74) is -0.272. The molecule has 4 unspecified atom stereocenters. The third-order valence-electron chi connectivity index (χ3n) is 4.56. The molecule has 88 valence electrons. The van der Waals surface area contributed by atoms with Crippen molar-refractivity contribution < 1.29 is 5.11 Å². The van der Waals surface area contributed by atoms with Gasteiger partial charge in [-0.15, -0.1) is 11.6 Å². The third-order valence-corrected chi connectivity index (χ3v) is 4.87. The molecule has 4 atom stereocenters. The Morgan fingerprint density at radius 3 is 2.47 bits per heavy atom. The van der Waals surface area contributed by atoms with Crippen LogP contribution in [0.25, 0.3) is 0 Å². The SMILES string of the molecule is CC1CCC2C(C)(C)CC(Cl)CC2(O)C1. The topological polar surface area (TPSA) is 20.2 Å². The molecular formula is C13H23ClO. The van der Waals surface area contributed by atoms with E-state index in [2.05, 4.69) is 20.8 Å². The smallest absolute Gasteiger partial charge is 0.0697 e. The van der Waals surface area contributed by atoms with E-state index in [9.17, 15) is 5.11 Å². The van der Waals surface area contributed by atoms with Gasteiger partial charge in [0, 0.05) is 5.38 Å². The van der Waals surface area contributed by atoms with Gasteiger partial charge in [-0.05, 0) is 42.9 Å². The highest BCUT2D eigenvalue weighted by molar-refractivity contribution is 6.20. The van der Waals surface area contributed by atoms with Crippen LogP contribution in [0.1, 0.15) is 52.9 Å². The van der Waals surface area contributed by atoms with Crippen molar-refractivity contribution in [3.8, 4) is 0 Å². The van der Waals surface area contributed by atoms with Gasteiger partial charge >= 0.3 is 0 Å². The lowest BCUT2D eigenvalue weighted by Crippen LogP contribution is -2.55. The maximum Gasteiger partial charge on any atom is 0.0697 e. The van der Waals surface area contributed by atoms with E-state index in [4.69, 9.17) is 11.6 Å². The summed E-state index contributed by atoms with van der Waals surface area (Å²) in [7, 11) is 0. The number of rotatable bonds is 0. The number of halogens is 1. The van der Waals surface area contributed by atoms with E-state index < -0.39 is 5.60 Å². The van der Waals surface area contributed by atoms with Gasteiger partial charge in [0.1, 0.15) is 0 Å². The highest BCUT2D eigenvalue weighted by Crippen LogP contribution is 2.54. The van der Waals surface area contributed by atoms with Gasteiger partial charge in [0.2, 0.25) is 0 Å². The van der Waals surface area contributed by atoms with E-state index in [1.54, 1.807) is 0 Å². The zero-order valence-electron chi connectivity index (χ0n) is 10.1. The maximum atomic E-state index is 10.8. The van der Waals surface area contributed by atoms with Gasteiger partial charge in [0.15, 0.2) is 0 Å². The first-order chi connectivity index (χ1) is 6.83. The lowest BCUT2D eigenvalue weighted by molar-refractivity contribution is -0.134. The lowest BCUT2D eigenvalue weighted by Gasteiger charge is -2.54. The van der Waals surface area contributed by atoms with Crippen LogP contribution in [0.4, 0.5) is 0 Å². The summed E-state index contributed by atoms with van der Waals surface area (Å²) in [5.74, 6) is 1.11. The molecule has 0 radical (unpaired) electrons. The van der Waals surface area contributed by atoms with Crippen LogP contribution in [0.2, 0.25) is 0 Å². The van der Waals surface area contributed by atoms with E-state index in [0.29, 0.717) is 11.8 Å². The summed E-state index contributed by atoms with van der Waals surface area (Å²) in [4.78, 5) is 0. The van der Waals surface area contributed by atoms with E-state index >= 15 is 0 Å². The Labute approximate surface area is 98.2 Å². The maximum absolute atomic E-state index is 10.8.